The topological polar surface area (TPSA) is 55.2 Å². The molecule has 0 aliphatic carbocycles. The first-order valence-corrected chi connectivity index (χ1v) is 6.96. The Morgan fingerprint density at radius 3 is 2.65 bits per heavy atom. The number of halogens is 1. The fourth-order valence-electron chi connectivity index (χ4n) is 1.96. The third-order valence-corrected chi connectivity index (χ3v) is 3.74. The lowest BCUT2D eigenvalue weighted by atomic mass is 9.89. The normalized spacial score (nSPS) is 13.3. The zero-order chi connectivity index (χ0) is 14.9. The molecule has 108 valence electrons. The third kappa shape index (κ3) is 2.81. The fourth-order valence-corrected chi connectivity index (χ4v) is 2.83. The maximum atomic E-state index is 13.4. The smallest absolute Gasteiger partial charge is 0.125 e. The van der Waals surface area contributed by atoms with Gasteiger partial charge in [-0.05, 0) is 29.7 Å². The SMILES string of the molecule is COc1ccc(F)cc1C(O)c1snnc1C(C)(C)C. The molecule has 1 aromatic heterocycles. The number of aromatic nitrogens is 2. The predicted octanol–water partition coefficient (Wildman–Crippen LogP) is 3.07. The summed E-state index contributed by atoms with van der Waals surface area (Å²) in [4.78, 5) is 0.612. The Bertz CT molecular complexity index is 607. The summed E-state index contributed by atoms with van der Waals surface area (Å²) >= 11 is 1.12. The van der Waals surface area contributed by atoms with Crippen molar-refractivity contribution in [1.82, 2.24) is 9.59 Å². The second kappa shape index (κ2) is 5.46. The molecule has 0 radical (unpaired) electrons. The number of ether oxygens (including phenoxy) is 1. The molecule has 1 aromatic carbocycles. The number of hydrogen-bond donors (Lipinski definition) is 1. The molecule has 2 rings (SSSR count). The molecule has 2 aromatic rings. The van der Waals surface area contributed by atoms with E-state index in [0.717, 1.165) is 11.5 Å². The minimum Gasteiger partial charge on any atom is -0.496 e. The van der Waals surface area contributed by atoms with Gasteiger partial charge in [0, 0.05) is 11.0 Å². The van der Waals surface area contributed by atoms with Gasteiger partial charge in [0.15, 0.2) is 0 Å². The molecule has 0 aliphatic rings. The van der Waals surface area contributed by atoms with Crippen molar-refractivity contribution in [3.8, 4) is 5.75 Å². The lowest BCUT2D eigenvalue weighted by Gasteiger charge is -2.20. The van der Waals surface area contributed by atoms with Crippen LogP contribution in [-0.2, 0) is 5.41 Å². The number of nitrogens with zero attached hydrogens (tertiary/aromatic N) is 2. The van der Waals surface area contributed by atoms with E-state index in [2.05, 4.69) is 9.59 Å². The molecule has 4 nitrogen and oxygen atoms in total. The highest BCUT2D eigenvalue weighted by Crippen LogP contribution is 2.37. The van der Waals surface area contributed by atoms with Crippen LogP contribution in [0.3, 0.4) is 0 Å². The Labute approximate surface area is 121 Å². The Balaban J connectivity index is 2.49. The molecule has 1 unspecified atom stereocenters. The molecule has 1 N–H and O–H groups in total. The van der Waals surface area contributed by atoms with E-state index in [0.29, 0.717) is 21.9 Å². The number of benzene rings is 1. The van der Waals surface area contributed by atoms with E-state index in [1.165, 1.54) is 25.3 Å². The molecule has 0 spiro atoms. The summed E-state index contributed by atoms with van der Waals surface area (Å²) in [6.07, 6.45) is -1.00. The van der Waals surface area contributed by atoms with Gasteiger partial charge in [0.05, 0.1) is 17.7 Å². The summed E-state index contributed by atoms with van der Waals surface area (Å²) in [5.41, 5.74) is 0.842. The van der Waals surface area contributed by atoms with Crippen LogP contribution < -0.4 is 4.74 Å². The van der Waals surface area contributed by atoms with E-state index >= 15 is 0 Å². The second-order valence-corrected chi connectivity index (χ2v) is 6.31. The Hall–Kier alpha value is -1.53. The molecular formula is C14H17FN2O2S. The average Bonchev–Trinajstić information content (AvgIpc) is 2.87. The van der Waals surface area contributed by atoms with Gasteiger partial charge in [0.2, 0.25) is 0 Å². The first kappa shape index (κ1) is 14.9. The molecule has 6 heteroatoms. The van der Waals surface area contributed by atoms with Gasteiger partial charge >= 0.3 is 0 Å². The van der Waals surface area contributed by atoms with Crippen LogP contribution in [0.2, 0.25) is 0 Å². The highest BCUT2D eigenvalue weighted by Gasteiger charge is 2.28. The number of aliphatic hydroxyl groups excluding tert-OH is 1. The minimum absolute atomic E-state index is 0.246. The fraction of sp³-hybridized carbons (Fsp3) is 0.429. The summed E-state index contributed by atoms with van der Waals surface area (Å²) < 4.78 is 22.5. The average molecular weight is 296 g/mol. The minimum atomic E-state index is -1.00. The van der Waals surface area contributed by atoms with Crippen LogP contribution in [0.15, 0.2) is 18.2 Å². The molecule has 1 atom stereocenters. The predicted molar refractivity (Wildman–Crippen MR) is 75.6 cm³/mol. The summed E-state index contributed by atoms with van der Waals surface area (Å²) in [6.45, 7) is 5.97. The van der Waals surface area contributed by atoms with Gasteiger partial charge in [-0.15, -0.1) is 5.10 Å². The van der Waals surface area contributed by atoms with Gasteiger partial charge in [-0.25, -0.2) is 4.39 Å². The van der Waals surface area contributed by atoms with Crippen molar-refractivity contribution < 1.29 is 14.2 Å². The monoisotopic (exact) mass is 296 g/mol. The standard InChI is InChI=1S/C14H17FN2O2S/c1-14(2,3)13-12(20-17-16-13)11(18)9-7-8(15)5-6-10(9)19-4/h5-7,11,18H,1-4H3. The molecule has 0 amide bonds. The van der Waals surface area contributed by atoms with E-state index in [1.54, 1.807) is 0 Å². The van der Waals surface area contributed by atoms with Crippen LogP contribution in [0.1, 0.15) is 43.0 Å². The van der Waals surface area contributed by atoms with Crippen LogP contribution in [0.4, 0.5) is 4.39 Å². The first-order chi connectivity index (χ1) is 9.34. The quantitative estimate of drug-likeness (QED) is 0.945. The van der Waals surface area contributed by atoms with Crippen molar-refractivity contribution in [3.05, 3.63) is 40.2 Å². The Kier molecular flexibility index (Phi) is 4.06. The van der Waals surface area contributed by atoms with Gasteiger partial charge in [-0.2, -0.15) is 0 Å². The van der Waals surface area contributed by atoms with E-state index in [1.807, 2.05) is 20.8 Å². The molecule has 0 aliphatic heterocycles. The Morgan fingerprint density at radius 2 is 2.05 bits per heavy atom. The summed E-state index contributed by atoms with van der Waals surface area (Å²) in [7, 11) is 1.49. The molecular weight excluding hydrogens is 279 g/mol. The van der Waals surface area contributed by atoms with Crippen molar-refractivity contribution in [1.29, 1.82) is 0 Å². The van der Waals surface area contributed by atoms with Gasteiger partial charge in [-0.3, -0.25) is 0 Å². The van der Waals surface area contributed by atoms with E-state index < -0.39 is 11.9 Å². The van der Waals surface area contributed by atoms with Gasteiger partial charge in [0.25, 0.3) is 0 Å². The van der Waals surface area contributed by atoms with Gasteiger partial charge in [-0.1, -0.05) is 25.3 Å². The number of methoxy groups -OCH3 is 1. The van der Waals surface area contributed by atoms with Gasteiger partial charge < -0.3 is 9.84 Å². The molecule has 20 heavy (non-hydrogen) atoms. The maximum absolute atomic E-state index is 13.4. The highest BCUT2D eigenvalue weighted by atomic mass is 32.1. The molecule has 0 saturated heterocycles. The van der Waals surface area contributed by atoms with Crippen molar-refractivity contribution >= 4 is 11.5 Å². The molecule has 0 bridgehead atoms. The zero-order valence-electron chi connectivity index (χ0n) is 11.8. The third-order valence-electron chi connectivity index (χ3n) is 2.96. The molecule has 1 heterocycles. The number of hydrogen-bond acceptors (Lipinski definition) is 5. The number of rotatable bonds is 3. The number of aliphatic hydroxyl groups is 1. The largest absolute Gasteiger partial charge is 0.496 e. The first-order valence-electron chi connectivity index (χ1n) is 6.19. The van der Waals surface area contributed by atoms with Crippen LogP contribution in [0.25, 0.3) is 0 Å². The summed E-state index contributed by atoms with van der Waals surface area (Å²) in [5.74, 6) is 0.0155. The lowest BCUT2D eigenvalue weighted by Crippen LogP contribution is -2.16. The molecule has 0 saturated carbocycles. The second-order valence-electron chi connectivity index (χ2n) is 5.52. The van der Waals surface area contributed by atoms with Crippen molar-refractivity contribution in [2.45, 2.75) is 32.3 Å². The highest BCUT2D eigenvalue weighted by molar-refractivity contribution is 7.05. The lowest BCUT2D eigenvalue weighted by molar-refractivity contribution is 0.215. The maximum Gasteiger partial charge on any atom is 0.125 e. The Morgan fingerprint density at radius 1 is 1.35 bits per heavy atom. The zero-order valence-corrected chi connectivity index (χ0v) is 12.7. The summed E-state index contributed by atoms with van der Waals surface area (Å²) in [6, 6.07) is 4.07. The van der Waals surface area contributed by atoms with Crippen LogP contribution in [0, 0.1) is 5.82 Å². The van der Waals surface area contributed by atoms with Crippen molar-refractivity contribution in [2.24, 2.45) is 0 Å². The van der Waals surface area contributed by atoms with Crippen molar-refractivity contribution in [2.75, 3.05) is 7.11 Å². The van der Waals surface area contributed by atoms with Crippen LogP contribution in [-0.4, -0.2) is 21.8 Å². The van der Waals surface area contributed by atoms with Gasteiger partial charge in [0.1, 0.15) is 17.7 Å². The van der Waals surface area contributed by atoms with Crippen LogP contribution >= 0.6 is 11.5 Å². The summed E-state index contributed by atoms with van der Waals surface area (Å²) in [5, 5.41) is 14.6. The molecule has 0 fully saturated rings. The van der Waals surface area contributed by atoms with Crippen LogP contribution in [0.5, 0.6) is 5.75 Å². The van der Waals surface area contributed by atoms with E-state index in [4.69, 9.17) is 4.74 Å². The van der Waals surface area contributed by atoms with E-state index in [-0.39, 0.29) is 5.41 Å². The van der Waals surface area contributed by atoms with E-state index in [9.17, 15) is 9.50 Å². The van der Waals surface area contributed by atoms with Crippen molar-refractivity contribution in [3.63, 3.8) is 0 Å².